The van der Waals surface area contributed by atoms with Crippen LogP contribution in [0.1, 0.15) is 31.4 Å². The highest BCUT2D eigenvalue weighted by Crippen LogP contribution is 2.36. The number of hydrogen-bond acceptors (Lipinski definition) is 7. The number of esters is 1. The van der Waals surface area contributed by atoms with Crippen molar-refractivity contribution < 1.29 is 23.8 Å². The second kappa shape index (κ2) is 12.4. The standard InChI is InChI=1S/C24H23Cl2NO5S2/c1-3-30-20-12-15(8-9-19(20)32-14-16-17(25)6-5-7-18(16)26)13-21-23(29)27(24(33)34-21)11-10-22(28)31-4-2/h5-9,12-13H,3-4,10-11,14H2,1-2H3/b21-13-. The van der Waals surface area contributed by atoms with Gasteiger partial charge in [0, 0.05) is 22.2 Å². The second-order valence-electron chi connectivity index (χ2n) is 7.02. The Hall–Kier alpha value is -2.26. The van der Waals surface area contributed by atoms with E-state index in [0.29, 0.717) is 49.5 Å². The average Bonchev–Trinajstić information content (AvgIpc) is 3.06. The van der Waals surface area contributed by atoms with Gasteiger partial charge >= 0.3 is 5.97 Å². The zero-order valence-corrected chi connectivity index (χ0v) is 21.8. The zero-order chi connectivity index (χ0) is 24.7. The van der Waals surface area contributed by atoms with Gasteiger partial charge in [-0.3, -0.25) is 14.5 Å². The fourth-order valence-electron chi connectivity index (χ4n) is 3.10. The normalized spacial score (nSPS) is 14.6. The lowest BCUT2D eigenvalue weighted by Crippen LogP contribution is -2.30. The number of halogens is 2. The number of nitrogens with zero attached hydrogens (tertiary/aromatic N) is 1. The van der Waals surface area contributed by atoms with Gasteiger partial charge in [0.25, 0.3) is 5.91 Å². The van der Waals surface area contributed by atoms with Crippen molar-refractivity contribution in [3.8, 4) is 11.5 Å². The largest absolute Gasteiger partial charge is 0.490 e. The number of ether oxygens (including phenoxy) is 3. The van der Waals surface area contributed by atoms with Crippen LogP contribution >= 0.6 is 47.2 Å². The summed E-state index contributed by atoms with van der Waals surface area (Å²) >= 11 is 19.0. The van der Waals surface area contributed by atoms with Gasteiger partial charge in [0.2, 0.25) is 0 Å². The maximum atomic E-state index is 12.8. The SMILES string of the molecule is CCOC(=O)CCN1C(=O)/C(=C/c2ccc(OCc3c(Cl)cccc3Cl)c(OCC)c2)SC1=S. The van der Waals surface area contributed by atoms with E-state index in [0.717, 1.165) is 5.56 Å². The van der Waals surface area contributed by atoms with Crippen molar-refractivity contribution in [1.82, 2.24) is 4.90 Å². The van der Waals surface area contributed by atoms with Crippen LogP contribution in [-0.4, -0.2) is 40.9 Å². The molecule has 1 heterocycles. The Kier molecular flexibility index (Phi) is 9.64. The highest BCUT2D eigenvalue weighted by atomic mass is 35.5. The molecule has 0 aliphatic carbocycles. The molecule has 0 saturated carbocycles. The predicted molar refractivity (Wildman–Crippen MR) is 140 cm³/mol. The van der Waals surface area contributed by atoms with E-state index in [4.69, 9.17) is 49.6 Å². The minimum absolute atomic E-state index is 0.0868. The molecule has 2 aromatic carbocycles. The first-order valence-electron chi connectivity index (χ1n) is 10.6. The molecule has 180 valence electrons. The summed E-state index contributed by atoms with van der Waals surface area (Å²) in [7, 11) is 0. The molecule has 0 unspecified atom stereocenters. The Labute approximate surface area is 218 Å². The van der Waals surface area contributed by atoms with Crippen molar-refractivity contribution >= 4 is 69.5 Å². The molecule has 1 aliphatic rings. The topological polar surface area (TPSA) is 65.1 Å². The van der Waals surface area contributed by atoms with Gasteiger partial charge in [0.05, 0.1) is 24.5 Å². The molecule has 1 aliphatic heterocycles. The van der Waals surface area contributed by atoms with Gasteiger partial charge in [0.15, 0.2) is 11.5 Å². The van der Waals surface area contributed by atoms with Gasteiger partial charge in [0.1, 0.15) is 10.9 Å². The molecule has 1 fully saturated rings. The van der Waals surface area contributed by atoms with Crippen molar-refractivity contribution in [2.45, 2.75) is 26.9 Å². The molecule has 6 nitrogen and oxygen atoms in total. The van der Waals surface area contributed by atoms with Crippen molar-refractivity contribution in [1.29, 1.82) is 0 Å². The molecular weight excluding hydrogens is 517 g/mol. The van der Waals surface area contributed by atoms with Crippen LogP contribution in [0.15, 0.2) is 41.3 Å². The molecule has 0 bridgehead atoms. The first kappa shape index (κ1) is 26.3. The molecule has 1 saturated heterocycles. The molecule has 34 heavy (non-hydrogen) atoms. The van der Waals surface area contributed by atoms with Crippen LogP contribution < -0.4 is 9.47 Å². The summed E-state index contributed by atoms with van der Waals surface area (Å²) in [6, 6.07) is 10.6. The van der Waals surface area contributed by atoms with E-state index in [1.54, 1.807) is 43.3 Å². The van der Waals surface area contributed by atoms with Crippen molar-refractivity contribution in [3.63, 3.8) is 0 Å². The molecule has 0 radical (unpaired) electrons. The second-order valence-corrected chi connectivity index (χ2v) is 9.51. The number of thiocarbonyl (C=S) groups is 1. The van der Waals surface area contributed by atoms with Crippen LogP contribution in [0.25, 0.3) is 6.08 Å². The maximum Gasteiger partial charge on any atom is 0.307 e. The molecular formula is C24H23Cl2NO5S2. The lowest BCUT2D eigenvalue weighted by molar-refractivity contribution is -0.143. The molecule has 0 N–H and O–H groups in total. The molecule has 3 rings (SSSR count). The number of hydrogen-bond donors (Lipinski definition) is 0. The van der Waals surface area contributed by atoms with Gasteiger partial charge < -0.3 is 14.2 Å². The van der Waals surface area contributed by atoms with E-state index in [2.05, 4.69) is 0 Å². The summed E-state index contributed by atoms with van der Waals surface area (Å²) in [5.41, 5.74) is 1.43. The van der Waals surface area contributed by atoms with E-state index in [1.807, 2.05) is 13.0 Å². The van der Waals surface area contributed by atoms with E-state index in [-0.39, 0.29) is 31.4 Å². The maximum absolute atomic E-state index is 12.8. The van der Waals surface area contributed by atoms with Crippen LogP contribution in [0.4, 0.5) is 0 Å². The van der Waals surface area contributed by atoms with Gasteiger partial charge in [-0.25, -0.2) is 0 Å². The number of amides is 1. The third-order valence-electron chi connectivity index (χ3n) is 4.72. The van der Waals surface area contributed by atoms with Crippen LogP contribution in [0.2, 0.25) is 10.0 Å². The van der Waals surface area contributed by atoms with Crippen LogP contribution in [0.5, 0.6) is 11.5 Å². The number of carbonyl (C=O) groups is 2. The smallest absolute Gasteiger partial charge is 0.307 e. The molecule has 2 aromatic rings. The summed E-state index contributed by atoms with van der Waals surface area (Å²) in [4.78, 5) is 26.3. The lowest BCUT2D eigenvalue weighted by Gasteiger charge is -2.14. The molecule has 0 spiro atoms. The summed E-state index contributed by atoms with van der Waals surface area (Å²) in [6.07, 6.45) is 1.82. The predicted octanol–water partition coefficient (Wildman–Crippen LogP) is 6.13. The van der Waals surface area contributed by atoms with E-state index >= 15 is 0 Å². The van der Waals surface area contributed by atoms with E-state index in [1.165, 1.54) is 16.7 Å². The Balaban J connectivity index is 1.75. The first-order chi connectivity index (χ1) is 16.3. The van der Waals surface area contributed by atoms with Crippen LogP contribution in [0.3, 0.4) is 0 Å². The van der Waals surface area contributed by atoms with Crippen LogP contribution in [-0.2, 0) is 20.9 Å². The molecule has 1 amide bonds. The molecule has 10 heteroatoms. The summed E-state index contributed by atoms with van der Waals surface area (Å²) < 4.78 is 17.0. The molecule has 0 atom stereocenters. The van der Waals surface area contributed by atoms with Gasteiger partial charge in [-0.15, -0.1) is 0 Å². The zero-order valence-electron chi connectivity index (χ0n) is 18.6. The molecule has 0 aromatic heterocycles. The summed E-state index contributed by atoms with van der Waals surface area (Å²) in [5, 5.41) is 1.04. The summed E-state index contributed by atoms with van der Waals surface area (Å²) in [6.45, 7) is 4.70. The highest BCUT2D eigenvalue weighted by Gasteiger charge is 2.32. The third-order valence-corrected chi connectivity index (χ3v) is 6.80. The average molecular weight is 540 g/mol. The minimum atomic E-state index is -0.365. The Morgan fingerprint density at radius 1 is 1.09 bits per heavy atom. The monoisotopic (exact) mass is 539 g/mol. The Bertz CT molecular complexity index is 1100. The van der Waals surface area contributed by atoms with Gasteiger partial charge in [-0.2, -0.15) is 0 Å². The minimum Gasteiger partial charge on any atom is -0.490 e. The number of rotatable bonds is 10. The third kappa shape index (κ3) is 6.66. The lowest BCUT2D eigenvalue weighted by atomic mass is 10.1. The quantitative estimate of drug-likeness (QED) is 0.204. The fourth-order valence-corrected chi connectivity index (χ4v) is 4.92. The Morgan fingerprint density at radius 2 is 1.82 bits per heavy atom. The fraction of sp³-hybridized carbons (Fsp3) is 0.292. The Morgan fingerprint density at radius 3 is 2.50 bits per heavy atom. The van der Waals surface area contributed by atoms with Crippen molar-refractivity contribution in [2.75, 3.05) is 19.8 Å². The highest BCUT2D eigenvalue weighted by molar-refractivity contribution is 8.26. The number of carbonyl (C=O) groups excluding carboxylic acids is 2. The van der Waals surface area contributed by atoms with E-state index < -0.39 is 0 Å². The first-order valence-corrected chi connectivity index (χ1v) is 12.6. The van der Waals surface area contributed by atoms with Gasteiger partial charge in [-0.1, -0.05) is 59.3 Å². The van der Waals surface area contributed by atoms with Crippen molar-refractivity contribution in [3.05, 3.63) is 62.5 Å². The van der Waals surface area contributed by atoms with Crippen molar-refractivity contribution in [2.24, 2.45) is 0 Å². The number of benzene rings is 2. The van der Waals surface area contributed by atoms with Gasteiger partial charge in [-0.05, 0) is 49.8 Å². The van der Waals surface area contributed by atoms with Crippen LogP contribution in [0, 0.1) is 0 Å². The van der Waals surface area contributed by atoms with E-state index in [9.17, 15) is 9.59 Å². The number of thioether (sulfide) groups is 1. The summed E-state index contributed by atoms with van der Waals surface area (Å²) in [5.74, 6) is 0.440.